The molecule has 15 heavy (non-hydrogen) atoms. The fourth-order valence-corrected chi connectivity index (χ4v) is 2.05. The summed E-state index contributed by atoms with van der Waals surface area (Å²) >= 11 is 0. The van der Waals surface area contributed by atoms with Gasteiger partial charge in [-0.05, 0) is 19.3 Å². The summed E-state index contributed by atoms with van der Waals surface area (Å²) < 4.78 is 1.88. The summed E-state index contributed by atoms with van der Waals surface area (Å²) in [6, 6.07) is 0. The molecule has 0 spiro atoms. The van der Waals surface area contributed by atoms with E-state index in [1.807, 2.05) is 4.68 Å². The summed E-state index contributed by atoms with van der Waals surface area (Å²) in [5, 5.41) is 13.4. The lowest BCUT2D eigenvalue weighted by Gasteiger charge is -2.17. The summed E-state index contributed by atoms with van der Waals surface area (Å²) in [5.41, 5.74) is 0. The highest BCUT2D eigenvalue weighted by molar-refractivity contribution is 5.70. The van der Waals surface area contributed by atoms with Gasteiger partial charge in [0.05, 0.1) is 5.92 Å². The Balaban J connectivity index is 1.85. The number of hydrogen-bond acceptors (Lipinski definition) is 3. The fraction of sp³-hybridized carbons (Fsp3) is 0.700. The molecule has 5 heteroatoms. The first-order valence-corrected chi connectivity index (χ1v) is 5.40. The van der Waals surface area contributed by atoms with Crippen LogP contribution in [0.5, 0.6) is 0 Å². The molecule has 0 amide bonds. The minimum atomic E-state index is -0.711. The molecule has 0 radical (unpaired) electrons. The molecule has 5 nitrogen and oxygen atoms in total. The van der Waals surface area contributed by atoms with E-state index in [4.69, 9.17) is 5.11 Å². The van der Waals surface area contributed by atoms with E-state index in [9.17, 15) is 4.79 Å². The van der Waals surface area contributed by atoms with Crippen molar-refractivity contribution in [3.05, 3.63) is 11.6 Å². The van der Waals surface area contributed by atoms with Gasteiger partial charge in [-0.1, -0.05) is 0 Å². The second-order valence-electron chi connectivity index (χ2n) is 4.41. The number of carboxylic acids is 1. The molecular formula is C10H13N3O2. The molecule has 1 atom stereocenters. The van der Waals surface area contributed by atoms with E-state index in [-0.39, 0.29) is 5.92 Å². The second kappa shape index (κ2) is 3.05. The number of nitrogens with zero attached hydrogens (tertiary/aromatic N) is 3. The summed E-state index contributed by atoms with van der Waals surface area (Å²) in [7, 11) is 0. The molecule has 2 heterocycles. The zero-order chi connectivity index (χ0) is 10.4. The van der Waals surface area contributed by atoms with Gasteiger partial charge in [-0.2, -0.15) is 5.10 Å². The van der Waals surface area contributed by atoms with Crippen molar-refractivity contribution in [2.24, 2.45) is 5.92 Å². The van der Waals surface area contributed by atoms with Gasteiger partial charge in [-0.25, -0.2) is 9.67 Å². The first kappa shape index (κ1) is 8.88. The Labute approximate surface area is 87.1 Å². The molecule has 80 valence electrons. The lowest BCUT2D eigenvalue weighted by molar-refractivity contribution is -0.142. The largest absolute Gasteiger partial charge is 0.481 e. The van der Waals surface area contributed by atoms with Crippen molar-refractivity contribution in [2.45, 2.75) is 38.1 Å². The molecule has 1 aromatic heterocycles. The number of rotatable bonds is 2. The van der Waals surface area contributed by atoms with Gasteiger partial charge >= 0.3 is 5.97 Å². The van der Waals surface area contributed by atoms with Crippen molar-refractivity contribution >= 4 is 5.97 Å². The lowest BCUT2D eigenvalue weighted by atomic mass is 9.98. The zero-order valence-corrected chi connectivity index (χ0v) is 8.39. The van der Waals surface area contributed by atoms with E-state index in [2.05, 4.69) is 10.1 Å². The van der Waals surface area contributed by atoms with Gasteiger partial charge in [0, 0.05) is 18.9 Å². The third-order valence-electron chi connectivity index (χ3n) is 3.17. The Bertz CT molecular complexity index is 409. The van der Waals surface area contributed by atoms with Crippen molar-refractivity contribution in [3.8, 4) is 0 Å². The third-order valence-corrected chi connectivity index (χ3v) is 3.17. The lowest BCUT2D eigenvalue weighted by Crippen LogP contribution is -2.26. The average molecular weight is 207 g/mol. The molecule has 2 aliphatic rings. The zero-order valence-electron chi connectivity index (χ0n) is 8.39. The van der Waals surface area contributed by atoms with E-state index < -0.39 is 5.97 Å². The van der Waals surface area contributed by atoms with Crippen LogP contribution in [0.25, 0.3) is 0 Å². The maximum Gasteiger partial charge on any atom is 0.307 e. The maximum atomic E-state index is 10.9. The maximum absolute atomic E-state index is 10.9. The summed E-state index contributed by atoms with van der Waals surface area (Å²) in [6.07, 6.45) is 3.59. The molecular weight excluding hydrogens is 194 g/mol. The highest BCUT2D eigenvalue weighted by Gasteiger charge is 2.32. The van der Waals surface area contributed by atoms with Gasteiger partial charge in [-0.3, -0.25) is 4.79 Å². The van der Waals surface area contributed by atoms with Crippen LogP contribution in [0.15, 0.2) is 0 Å². The number of carboxylic acid groups (broad SMARTS) is 1. The van der Waals surface area contributed by atoms with E-state index in [0.29, 0.717) is 25.3 Å². The van der Waals surface area contributed by atoms with Crippen LogP contribution in [0, 0.1) is 5.92 Å². The molecule has 0 aromatic carbocycles. The molecule has 1 unspecified atom stereocenters. The minimum absolute atomic E-state index is 0.270. The van der Waals surface area contributed by atoms with E-state index in [1.165, 1.54) is 12.8 Å². The Morgan fingerprint density at radius 2 is 2.20 bits per heavy atom. The van der Waals surface area contributed by atoms with Crippen LogP contribution in [0.4, 0.5) is 0 Å². The summed E-state index contributed by atoms with van der Waals surface area (Å²) in [5.74, 6) is 1.35. The number of aromatic nitrogens is 3. The highest BCUT2D eigenvalue weighted by atomic mass is 16.4. The third kappa shape index (κ3) is 1.52. The highest BCUT2D eigenvalue weighted by Crippen LogP contribution is 2.38. The fourth-order valence-electron chi connectivity index (χ4n) is 2.05. The number of carbonyl (C=O) groups is 1. The summed E-state index contributed by atoms with van der Waals surface area (Å²) in [4.78, 5) is 15.3. The van der Waals surface area contributed by atoms with Crippen LogP contribution in [-0.4, -0.2) is 25.8 Å². The molecule has 1 fully saturated rings. The Hall–Kier alpha value is -1.39. The van der Waals surface area contributed by atoms with Crippen molar-refractivity contribution in [1.82, 2.24) is 14.8 Å². The predicted octanol–water partition coefficient (Wildman–Crippen LogP) is 0.802. The predicted molar refractivity (Wildman–Crippen MR) is 51.4 cm³/mol. The van der Waals surface area contributed by atoms with Crippen LogP contribution in [-0.2, 0) is 17.8 Å². The van der Waals surface area contributed by atoms with Crippen LogP contribution in [0.1, 0.15) is 36.8 Å². The van der Waals surface area contributed by atoms with Crippen LogP contribution >= 0.6 is 0 Å². The van der Waals surface area contributed by atoms with Crippen molar-refractivity contribution in [1.29, 1.82) is 0 Å². The van der Waals surface area contributed by atoms with E-state index >= 15 is 0 Å². The average Bonchev–Trinajstić information content (AvgIpc) is 2.97. The van der Waals surface area contributed by atoms with Crippen molar-refractivity contribution in [2.75, 3.05) is 0 Å². The SMILES string of the molecule is O=C(O)C1CCn2nc(C3CC3)nc2C1. The van der Waals surface area contributed by atoms with E-state index in [0.717, 1.165) is 11.6 Å². The van der Waals surface area contributed by atoms with Gasteiger partial charge in [0.1, 0.15) is 5.82 Å². The molecule has 1 aromatic rings. The molecule has 1 aliphatic heterocycles. The van der Waals surface area contributed by atoms with Gasteiger partial charge in [0.2, 0.25) is 0 Å². The van der Waals surface area contributed by atoms with Gasteiger partial charge in [0.25, 0.3) is 0 Å². The molecule has 3 rings (SSSR count). The topological polar surface area (TPSA) is 68.0 Å². The van der Waals surface area contributed by atoms with Crippen LogP contribution in [0.2, 0.25) is 0 Å². The van der Waals surface area contributed by atoms with Crippen molar-refractivity contribution in [3.63, 3.8) is 0 Å². The quantitative estimate of drug-likeness (QED) is 0.779. The molecule has 1 aliphatic carbocycles. The Morgan fingerprint density at radius 3 is 2.87 bits per heavy atom. The number of aryl methyl sites for hydroxylation is 1. The number of aliphatic carboxylic acids is 1. The molecule has 0 saturated heterocycles. The second-order valence-corrected chi connectivity index (χ2v) is 4.41. The monoisotopic (exact) mass is 207 g/mol. The van der Waals surface area contributed by atoms with Crippen molar-refractivity contribution < 1.29 is 9.90 Å². The Kier molecular flexibility index (Phi) is 1.81. The van der Waals surface area contributed by atoms with Gasteiger partial charge in [0.15, 0.2) is 5.82 Å². The normalized spacial score (nSPS) is 24.9. The van der Waals surface area contributed by atoms with Crippen LogP contribution in [0.3, 0.4) is 0 Å². The summed E-state index contributed by atoms with van der Waals surface area (Å²) in [6.45, 7) is 0.700. The first-order valence-electron chi connectivity index (χ1n) is 5.40. The van der Waals surface area contributed by atoms with E-state index in [1.54, 1.807) is 0 Å². The van der Waals surface area contributed by atoms with Gasteiger partial charge < -0.3 is 5.11 Å². The van der Waals surface area contributed by atoms with Gasteiger partial charge in [-0.15, -0.1) is 0 Å². The van der Waals surface area contributed by atoms with Crippen LogP contribution < -0.4 is 0 Å². The number of hydrogen-bond donors (Lipinski definition) is 1. The smallest absolute Gasteiger partial charge is 0.307 e. The molecule has 0 bridgehead atoms. The number of fused-ring (bicyclic) bond motifs is 1. The first-order chi connectivity index (χ1) is 7.24. The standard InChI is InChI=1S/C10H13N3O2/c14-10(15)7-3-4-13-8(5-7)11-9(12-13)6-1-2-6/h6-7H,1-5H2,(H,14,15). The minimum Gasteiger partial charge on any atom is -0.481 e. The molecule has 1 saturated carbocycles. The molecule has 1 N–H and O–H groups in total. The Morgan fingerprint density at radius 1 is 1.40 bits per heavy atom.